The number of aliphatic hydroxyl groups is 2. The number of aliphatic hydroxyl groups excluding tert-OH is 2. The molecule has 4 nitrogen and oxygen atoms in total. The lowest BCUT2D eigenvalue weighted by Gasteiger charge is -2.22. The van der Waals surface area contributed by atoms with E-state index in [4.69, 9.17) is 5.11 Å². The van der Waals surface area contributed by atoms with Crippen LogP contribution in [0, 0.1) is 11.8 Å². The maximum atomic E-state index is 10.5. The molecule has 0 aliphatic heterocycles. The lowest BCUT2D eigenvalue weighted by molar-refractivity contribution is -0.137. The van der Waals surface area contributed by atoms with Crippen LogP contribution in [0.1, 0.15) is 110 Å². The fourth-order valence-electron chi connectivity index (χ4n) is 4.51. The molecule has 1 aliphatic carbocycles. The zero-order chi connectivity index (χ0) is 20.6. The summed E-state index contributed by atoms with van der Waals surface area (Å²) in [6, 6.07) is 0. The molecule has 0 radical (unpaired) electrons. The Bertz CT molecular complexity index is 421. The molecule has 0 bridgehead atoms. The summed E-state index contributed by atoms with van der Waals surface area (Å²) in [4.78, 5) is 10.5. The van der Waals surface area contributed by atoms with E-state index < -0.39 is 5.97 Å². The third kappa shape index (κ3) is 11.2. The average molecular weight is 397 g/mol. The van der Waals surface area contributed by atoms with Crippen LogP contribution in [0.3, 0.4) is 0 Å². The highest BCUT2D eigenvalue weighted by molar-refractivity contribution is 5.66. The van der Waals surface area contributed by atoms with Crippen LogP contribution < -0.4 is 0 Å². The Hall–Kier alpha value is -0.870. The van der Waals surface area contributed by atoms with Gasteiger partial charge in [0.25, 0.3) is 0 Å². The molecule has 0 aromatic rings. The van der Waals surface area contributed by atoms with Crippen molar-refractivity contribution in [1.82, 2.24) is 0 Å². The van der Waals surface area contributed by atoms with Crippen molar-refractivity contribution in [2.24, 2.45) is 11.8 Å². The van der Waals surface area contributed by atoms with E-state index in [0.29, 0.717) is 6.42 Å². The SMILES string of the molecule is CCCCCCCCCC[C@@H]1[C@@H](CC=CCCCCCC(=O)O)[C@@H](O)C[C@H]1O. The van der Waals surface area contributed by atoms with E-state index in [1.165, 1.54) is 44.9 Å². The molecule has 0 unspecified atom stereocenters. The summed E-state index contributed by atoms with van der Waals surface area (Å²) in [5.41, 5.74) is 0. The first kappa shape index (κ1) is 25.2. The van der Waals surface area contributed by atoms with E-state index in [0.717, 1.165) is 44.9 Å². The Morgan fingerprint density at radius 1 is 0.821 bits per heavy atom. The third-order valence-electron chi connectivity index (χ3n) is 6.25. The van der Waals surface area contributed by atoms with Gasteiger partial charge >= 0.3 is 5.97 Å². The van der Waals surface area contributed by atoms with Gasteiger partial charge < -0.3 is 15.3 Å². The maximum absolute atomic E-state index is 10.5. The van der Waals surface area contributed by atoms with Crippen LogP contribution in [0.4, 0.5) is 0 Å². The van der Waals surface area contributed by atoms with Crippen molar-refractivity contribution < 1.29 is 20.1 Å². The lowest BCUT2D eigenvalue weighted by Crippen LogP contribution is -2.21. The minimum atomic E-state index is -0.716. The first-order chi connectivity index (χ1) is 13.6. The van der Waals surface area contributed by atoms with Gasteiger partial charge in [-0.25, -0.2) is 0 Å². The Kier molecular flexibility index (Phi) is 14.4. The van der Waals surface area contributed by atoms with Crippen molar-refractivity contribution in [1.29, 1.82) is 0 Å². The standard InChI is InChI=1S/C24H44O4/c1-2-3-4-5-6-7-10-13-16-20-21(23(26)19-22(20)25)17-14-11-8-9-12-15-18-24(27)28/h11,14,20-23,25-26H,2-10,12-13,15-19H2,1H3,(H,27,28)/t20-,21-,22-,23+/m1/s1. The minimum Gasteiger partial charge on any atom is -0.481 e. The largest absolute Gasteiger partial charge is 0.481 e. The maximum Gasteiger partial charge on any atom is 0.303 e. The van der Waals surface area contributed by atoms with Crippen molar-refractivity contribution in [3.8, 4) is 0 Å². The Balaban J connectivity index is 2.18. The zero-order valence-electron chi connectivity index (χ0n) is 18.0. The molecule has 1 aliphatic rings. The van der Waals surface area contributed by atoms with Gasteiger partial charge in [0, 0.05) is 6.42 Å². The molecule has 0 spiro atoms. The first-order valence-electron chi connectivity index (χ1n) is 11.8. The van der Waals surface area contributed by atoms with Gasteiger partial charge in [0.1, 0.15) is 0 Å². The molecule has 1 saturated carbocycles. The van der Waals surface area contributed by atoms with Gasteiger partial charge in [0.05, 0.1) is 12.2 Å². The summed E-state index contributed by atoms with van der Waals surface area (Å²) < 4.78 is 0. The normalized spacial score (nSPS) is 25.0. The number of aliphatic carboxylic acids is 1. The smallest absolute Gasteiger partial charge is 0.303 e. The van der Waals surface area contributed by atoms with Gasteiger partial charge in [-0.2, -0.15) is 0 Å². The molecule has 0 heterocycles. The van der Waals surface area contributed by atoms with Gasteiger partial charge in [0.2, 0.25) is 0 Å². The molecule has 28 heavy (non-hydrogen) atoms. The molecule has 0 aromatic carbocycles. The summed E-state index contributed by atoms with van der Waals surface area (Å²) in [5.74, 6) is -0.301. The molecule has 3 N–H and O–H groups in total. The second-order valence-corrected chi connectivity index (χ2v) is 8.66. The lowest BCUT2D eigenvalue weighted by atomic mass is 9.86. The van der Waals surface area contributed by atoms with Gasteiger partial charge in [0.15, 0.2) is 0 Å². The fraction of sp³-hybridized carbons (Fsp3) is 0.875. The fourth-order valence-corrected chi connectivity index (χ4v) is 4.51. The van der Waals surface area contributed by atoms with Gasteiger partial charge in [-0.3, -0.25) is 4.79 Å². The Morgan fingerprint density at radius 2 is 1.43 bits per heavy atom. The highest BCUT2D eigenvalue weighted by Crippen LogP contribution is 2.38. The topological polar surface area (TPSA) is 77.8 Å². The van der Waals surface area contributed by atoms with Crippen LogP contribution in [-0.4, -0.2) is 33.5 Å². The summed E-state index contributed by atoms with van der Waals surface area (Å²) >= 11 is 0. The molecule has 4 atom stereocenters. The summed E-state index contributed by atoms with van der Waals surface area (Å²) in [5, 5.41) is 29.3. The van der Waals surface area contributed by atoms with Crippen molar-refractivity contribution in [3.05, 3.63) is 12.2 Å². The second-order valence-electron chi connectivity index (χ2n) is 8.66. The highest BCUT2D eigenvalue weighted by Gasteiger charge is 2.40. The van der Waals surface area contributed by atoms with E-state index >= 15 is 0 Å². The van der Waals surface area contributed by atoms with Crippen LogP contribution in [0.2, 0.25) is 0 Å². The zero-order valence-corrected chi connectivity index (χ0v) is 18.0. The van der Waals surface area contributed by atoms with Crippen molar-refractivity contribution in [2.75, 3.05) is 0 Å². The third-order valence-corrected chi connectivity index (χ3v) is 6.25. The van der Waals surface area contributed by atoms with Crippen LogP contribution in [0.5, 0.6) is 0 Å². The van der Waals surface area contributed by atoms with Gasteiger partial charge in [-0.15, -0.1) is 0 Å². The van der Waals surface area contributed by atoms with Crippen molar-refractivity contribution >= 4 is 5.97 Å². The van der Waals surface area contributed by atoms with Gasteiger partial charge in [-0.05, 0) is 50.4 Å². The number of hydrogen-bond acceptors (Lipinski definition) is 3. The van der Waals surface area contributed by atoms with Crippen molar-refractivity contribution in [2.45, 2.75) is 122 Å². The molecule has 164 valence electrons. The predicted octanol–water partition coefficient (Wildman–Crippen LogP) is 5.86. The predicted molar refractivity (Wildman–Crippen MR) is 115 cm³/mol. The van der Waals surface area contributed by atoms with Gasteiger partial charge in [-0.1, -0.05) is 76.9 Å². The van der Waals surface area contributed by atoms with Crippen LogP contribution in [-0.2, 0) is 4.79 Å². The molecule has 0 amide bonds. The van der Waals surface area contributed by atoms with E-state index in [1.54, 1.807) is 0 Å². The van der Waals surface area contributed by atoms with E-state index in [2.05, 4.69) is 19.1 Å². The van der Waals surface area contributed by atoms with E-state index in [1.807, 2.05) is 0 Å². The molecular weight excluding hydrogens is 352 g/mol. The quantitative estimate of drug-likeness (QED) is 0.213. The highest BCUT2D eigenvalue weighted by atomic mass is 16.4. The van der Waals surface area contributed by atoms with E-state index in [-0.39, 0.29) is 30.5 Å². The molecule has 0 saturated heterocycles. The van der Waals surface area contributed by atoms with Crippen molar-refractivity contribution in [3.63, 3.8) is 0 Å². The van der Waals surface area contributed by atoms with E-state index in [9.17, 15) is 15.0 Å². The number of carbonyl (C=O) groups is 1. The molecular formula is C24H44O4. The number of carboxylic acid groups (broad SMARTS) is 1. The van der Waals surface area contributed by atoms with Crippen LogP contribution in [0.25, 0.3) is 0 Å². The van der Waals surface area contributed by atoms with Crippen LogP contribution in [0.15, 0.2) is 12.2 Å². The summed E-state index contributed by atoms with van der Waals surface area (Å²) in [7, 11) is 0. The Labute approximate surface area is 172 Å². The monoisotopic (exact) mass is 396 g/mol. The number of hydrogen-bond donors (Lipinski definition) is 3. The molecule has 0 aromatic heterocycles. The minimum absolute atomic E-state index is 0.183. The average Bonchev–Trinajstić information content (AvgIpc) is 2.92. The summed E-state index contributed by atoms with van der Waals surface area (Å²) in [6.07, 6.45) is 20.3. The number of rotatable bonds is 17. The number of carboxylic acids is 1. The first-order valence-corrected chi connectivity index (χ1v) is 11.8. The number of unbranched alkanes of at least 4 members (excludes halogenated alkanes) is 10. The van der Waals surface area contributed by atoms with Crippen LogP contribution >= 0.6 is 0 Å². The number of allylic oxidation sites excluding steroid dienone is 2. The Morgan fingerprint density at radius 3 is 2.11 bits per heavy atom. The molecule has 4 heteroatoms. The second kappa shape index (κ2) is 16.0. The molecule has 1 fully saturated rings. The molecule has 1 rings (SSSR count). The summed E-state index contributed by atoms with van der Waals surface area (Å²) in [6.45, 7) is 2.25.